The van der Waals surface area contributed by atoms with Crippen molar-refractivity contribution in [2.75, 3.05) is 26.7 Å². The number of benzene rings is 1. The van der Waals surface area contributed by atoms with Crippen molar-refractivity contribution in [1.82, 2.24) is 0 Å². The molecule has 0 saturated carbocycles. The van der Waals surface area contributed by atoms with Crippen LogP contribution in [0.15, 0.2) is 12.2 Å². The van der Waals surface area contributed by atoms with Gasteiger partial charge in [0, 0.05) is 5.57 Å². The van der Waals surface area contributed by atoms with Gasteiger partial charge in [0.1, 0.15) is 26.2 Å². The molecule has 1 aromatic carbocycles. The molecule has 0 amide bonds. The van der Waals surface area contributed by atoms with Crippen molar-refractivity contribution < 1.29 is 45.9 Å². The number of halogens is 5. The van der Waals surface area contributed by atoms with Gasteiger partial charge in [-0.05, 0) is 6.92 Å². The van der Waals surface area contributed by atoms with E-state index >= 15 is 0 Å². The Hall–Kier alpha value is -2.49. The van der Waals surface area contributed by atoms with Crippen LogP contribution < -0.4 is 5.11 Å². The standard InChI is InChI=1S/C16H16F5NO4/c1-8(2)16(25)26-5-4-22(3,7-10(23)24)6-9-11(17)13(19)15(21)14(20)12(9)18/h1,4-7H2,2-3H3. The van der Waals surface area contributed by atoms with Gasteiger partial charge in [-0.3, -0.25) is 0 Å². The van der Waals surface area contributed by atoms with E-state index in [2.05, 4.69) is 6.58 Å². The van der Waals surface area contributed by atoms with Crippen LogP contribution in [0.4, 0.5) is 22.0 Å². The first-order valence-corrected chi connectivity index (χ1v) is 7.26. The summed E-state index contributed by atoms with van der Waals surface area (Å²) >= 11 is 0. The summed E-state index contributed by atoms with van der Waals surface area (Å²) in [5, 5.41) is 10.9. The second kappa shape index (κ2) is 8.26. The van der Waals surface area contributed by atoms with E-state index < -0.39 is 64.2 Å². The Bertz CT molecular complexity index is 724. The Kier molecular flexibility index (Phi) is 6.85. The zero-order valence-corrected chi connectivity index (χ0v) is 14.0. The smallest absolute Gasteiger partial charge is 0.333 e. The lowest BCUT2D eigenvalue weighted by Gasteiger charge is -2.35. The van der Waals surface area contributed by atoms with E-state index in [0.29, 0.717) is 0 Å². The second-order valence-corrected chi connectivity index (χ2v) is 6.00. The number of carboxylic acids is 1. The summed E-state index contributed by atoms with van der Waals surface area (Å²) < 4.78 is 71.4. The fraction of sp³-hybridized carbons (Fsp3) is 0.375. The number of hydrogen-bond acceptors (Lipinski definition) is 4. The Labute approximate surface area is 145 Å². The number of carbonyl (C=O) groups excluding carboxylic acids is 2. The number of carbonyl (C=O) groups is 2. The number of likely N-dealkylation sites (N-methyl/N-ethyl adjacent to an activating group) is 1. The SMILES string of the molecule is C=C(C)C(=O)OCC[N+](C)(CC(=O)[O-])Cc1c(F)c(F)c(F)c(F)c1F. The fourth-order valence-electron chi connectivity index (χ4n) is 2.18. The van der Waals surface area contributed by atoms with E-state index in [1.54, 1.807) is 0 Å². The molecule has 5 nitrogen and oxygen atoms in total. The van der Waals surface area contributed by atoms with E-state index in [-0.39, 0.29) is 18.7 Å². The van der Waals surface area contributed by atoms with Gasteiger partial charge in [0.25, 0.3) is 0 Å². The van der Waals surface area contributed by atoms with Gasteiger partial charge in [0.2, 0.25) is 5.82 Å². The van der Waals surface area contributed by atoms with Crippen LogP contribution in [0.3, 0.4) is 0 Å². The number of rotatable bonds is 8. The van der Waals surface area contributed by atoms with Crippen LogP contribution in [0.25, 0.3) is 0 Å². The first kappa shape index (κ1) is 21.6. The predicted octanol–water partition coefficient (Wildman–Crippen LogP) is 1.20. The predicted molar refractivity (Wildman–Crippen MR) is 76.6 cm³/mol. The molecule has 1 atom stereocenters. The van der Waals surface area contributed by atoms with Crippen LogP contribution in [0.1, 0.15) is 12.5 Å². The molecule has 0 spiro atoms. The molecule has 144 valence electrons. The molecule has 0 aliphatic heterocycles. The van der Waals surface area contributed by atoms with Crippen LogP contribution >= 0.6 is 0 Å². The second-order valence-electron chi connectivity index (χ2n) is 6.00. The monoisotopic (exact) mass is 381 g/mol. The lowest BCUT2D eigenvalue weighted by molar-refractivity contribution is -0.917. The average Bonchev–Trinajstić information content (AvgIpc) is 2.54. The van der Waals surface area contributed by atoms with Gasteiger partial charge >= 0.3 is 5.97 Å². The van der Waals surface area contributed by atoms with Crippen LogP contribution in [0.2, 0.25) is 0 Å². The van der Waals surface area contributed by atoms with Gasteiger partial charge in [-0.2, -0.15) is 0 Å². The Morgan fingerprint density at radius 2 is 1.50 bits per heavy atom. The van der Waals surface area contributed by atoms with E-state index in [0.717, 1.165) is 0 Å². The third-order valence-electron chi connectivity index (χ3n) is 3.56. The van der Waals surface area contributed by atoms with Crippen LogP contribution in [0.5, 0.6) is 0 Å². The third-order valence-corrected chi connectivity index (χ3v) is 3.56. The van der Waals surface area contributed by atoms with Crippen molar-refractivity contribution >= 4 is 11.9 Å². The van der Waals surface area contributed by atoms with Crippen LogP contribution in [-0.4, -0.2) is 43.2 Å². The third kappa shape index (κ3) is 5.01. The van der Waals surface area contributed by atoms with Gasteiger partial charge in [-0.15, -0.1) is 0 Å². The van der Waals surface area contributed by atoms with Crippen LogP contribution in [0, 0.1) is 29.1 Å². The molecule has 1 aromatic rings. The summed E-state index contributed by atoms with van der Waals surface area (Å²) in [6.07, 6.45) is 0. The number of ether oxygens (including phenoxy) is 1. The summed E-state index contributed by atoms with van der Waals surface area (Å²) in [4.78, 5) is 22.2. The zero-order chi connectivity index (χ0) is 20.2. The molecule has 0 aliphatic carbocycles. The molecule has 26 heavy (non-hydrogen) atoms. The van der Waals surface area contributed by atoms with Crippen molar-refractivity contribution in [3.63, 3.8) is 0 Å². The number of aliphatic carboxylic acids is 1. The van der Waals surface area contributed by atoms with Gasteiger partial charge in [0.05, 0.1) is 18.6 Å². The van der Waals surface area contributed by atoms with Gasteiger partial charge in [-0.1, -0.05) is 6.58 Å². The molecular weight excluding hydrogens is 365 g/mol. The van der Waals surface area contributed by atoms with Gasteiger partial charge < -0.3 is 19.1 Å². The lowest BCUT2D eigenvalue weighted by atomic mass is 10.1. The van der Waals surface area contributed by atoms with E-state index in [1.807, 2.05) is 0 Å². The highest BCUT2D eigenvalue weighted by atomic mass is 19.2. The van der Waals surface area contributed by atoms with Crippen molar-refractivity contribution in [2.24, 2.45) is 0 Å². The maximum atomic E-state index is 13.8. The summed E-state index contributed by atoms with van der Waals surface area (Å²) in [7, 11) is 1.18. The first-order chi connectivity index (χ1) is 11.9. The summed E-state index contributed by atoms with van der Waals surface area (Å²) in [6, 6.07) is 0. The molecule has 0 bridgehead atoms. The Morgan fingerprint density at radius 1 is 1.04 bits per heavy atom. The molecular formula is C16H16F5NO4. The molecule has 0 saturated heterocycles. The normalized spacial score (nSPS) is 13.2. The minimum Gasteiger partial charge on any atom is -0.544 e. The minimum atomic E-state index is -2.31. The number of esters is 1. The Balaban J connectivity index is 3.13. The highest BCUT2D eigenvalue weighted by molar-refractivity contribution is 5.86. The number of quaternary nitrogens is 1. The lowest BCUT2D eigenvalue weighted by Crippen LogP contribution is -2.52. The van der Waals surface area contributed by atoms with Crippen molar-refractivity contribution in [3.05, 3.63) is 46.8 Å². The van der Waals surface area contributed by atoms with Crippen molar-refractivity contribution in [3.8, 4) is 0 Å². The maximum Gasteiger partial charge on any atom is 0.333 e. The number of carboxylic acid groups (broad SMARTS) is 1. The molecule has 1 unspecified atom stereocenters. The maximum absolute atomic E-state index is 13.8. The summed E-state index contributed by atoms with van der Waals surface area (Å²) in [6.45, 7) is 2.38. The molecule has 0 aromatic heterocycles. The summed E-state index contributed by atoms with van der Waals surface area (Å²) in [5.41, 5.74) is -1.10. The first-order valence-electron chi connectivity index (χ1n) is 7.26. The minimum absolute atomic E-state index is 0.0684. The molecule has 0 N–H and O–H groups in total. The molecule has 0 heterocycles. The zero-order valence-electron chi connectivity index (χ0n) is 14.0. The molecule has 0 fully saturated rings. The quantitative estimate of drug-likeness (QED) is 0.170. The summed E-state index contributed by atoms with van der Waals surface area (Å²) in [5.74, 6) is -13.1. The van der Waals surface area contributed by atoms with Gasteiger partial charge in [-0.25, -0.2) is 26.7 Å². The number of nitrogens with zero attached hydrogens (tertiary/aromatic N) is 1. The van der Waals surface area contributed by atoms with Gasteiger partial charge in [0.15, 0.2) is 23.3 Å². The van der Waals surface area contributed by atoms with Crippen LogP contribution in [-0.2, 0) is 20.9 Å². The van der Waals surface area contributed by atoms with Crippen molar-refractivity contribution in [2.45, 2.75) is 13.5 Å². The fourth-order valence-corrected chi connectivity index (χ4v) is 2.18. The van der Waals surface area contributed by atoms with E-state index in [1.165, 1.54) is 14.0 Å². The van der Waals surface area contributed by atoms with Crippen molar-refractivity contribution in [1.29, 1.82) is 0 Å². The number of hydrogen-bond donors (Lipinski definition) is 0. The molecule has 0 radical (unpaired) electrons. The average molecular weight is 381 g/mol. The highest BCUT2D eigenvalue weighted by Gasteiger charge is 2.32. The topological polar surface area (TPSA) is 66.4 Å². The molecule has 1 rings (SSSR count). The van der Waals surface area contributed by atoms with E-state index in [4.69, 9.17) is 4.74 Å². The van der Waals surface area contributed by atoms with E-state index in [9.17, 15) is 36.6 Å². The Morgan fingerprint density at radius 3 is 1.92 bits per heavy atom. The largest absolute Gasteiger partial charge is 0.544 e. The highest BCUT2D eigenvalue weighted by Crippen LogP contribution is 2.25. The molecule has 10 heteroatoms. The molecule has 0 aliphatic rings.